The Morgan fingerprint density at radius 2 is 1.53 bits per heavy atom. The number of carbonyl (C=O) groups is 5. The Hall–Kier alpha value is -3.42. The van der Waals surface area contributed by atoms with Crippen molar-refractivity contribution in [2.75, 3.05) is 13.1 Å². The Labute approximate surface area is 173 Å². The minimum atomic E-state index is -1.38. The minimum absolute atomic E-state index is 0.0774. The third-order valence-corrected chi connectivity index (χ3v) is 3.83. The lowest BCUT2D eigenvalue weighted by Gasteiger charge is -2.23. The third kappa shape index (κ3) is 11.4. The van der Waals surface area contributed by atoms with Crippen LogP contribution >= 0.6 is 0 Å². The number of guanidine groups is 1. The Morgan fingerprint density at radius 1 is 0.933 bits per heavy atom. The fourth-order valence-corrected chi connectivity index (χ4v) is 2.25. The van der Waals surface area contributed by atoms with Gasteiger partial charge in [-0.15, -0.1) is 0 Å². The summed E-state index contributed by atoms with van der Waals surface area (Å²) < 4.78 is 0. The molecule has 14 heteroatoms. The molecule has 12 N–H and O–H groups in total. The van der Waals surface area contributed by atoms with E-state index >= 15 is 0 Å². The Bertz CT molecular complexity index is 664. The number of rotatable bonds is 14. The van der Waals surface area contributed by atoms with Crippen molar-refractivity contribution in [2.24, 2.45) is 27.9 Å². The van der Waals surface area contributed by atoms with Gasteiger partial charge in [0.25, 0.3) is 0 Å². The number of nitrogens with zero attached hydrogens (tertiary/aromatic N) is 1. The molecule has 170 valence electrons. The Morgan fingerprint density at radius 3 is 2.03 bits per heavy atom. The zero-order valence-corrected chi connectivity index (χ0v) is 16.7. The number of aliphatic imine (C=N–C) groups is 1. The zero-order chi connectivity index (χ0) is 23.3. The van der Waals surface area contributed by atoms with E-state index in [1.165, 1.54) is 6.92 Å². The molecule has 0 spiro atoms. The van der Waals surface area contributed by atoms with Gasteiger partial charge in [0.1, 0.15) is 18.1 Å². The second-order valence-corrected chi connectivity index (χ2v) is 6.41. The van der Waals surface area contributed by atoms with Crippen LogP contribution in [0.4, 0.5) is 0 Å². The molecule has 3 unspecified atom stereocenters. The average molecular weight is 430 g/mol. The lowest BCUT2D eigenvalue weighted by atomic mass is 10.1. The van der Waals surface area contributed by atoms with E-state index in [2.05, 4.69) is 20.9 Å². The molecule has 0 radical (unpaired) electrons. The first-order valence-corrected chi connectivity index (χ1v) is 9.14. The van der Waals surface area contributed by atoms with Gasteiger partial charge in [0.15, 0.2) is 5.96 Å². The minimum Gasteiger partial charge on any atom is -0.480 e. The lowest BCUT2D eigenvalue weighted by molar-refractivity contribution is -0.142. The summed E-state index contributed by atoms with van der Waals surface area (Å²) >= 11 is 0. The number of hydrogen-bond acceptors (Lipinski definition) is 7. The molecule has 0 aromatic heterocycles. The standard InChI is InChI=1S/C16H30N8O6/c1-8(22-12(26)7-17)13(27)23-9(3-2-6-21-16(19)20)14(28)24-10(15(29)30)4-5-11(18)25/h8-10H,2-7,17H2,1H3,(H2,18,25)(H,22,26)(H,23,27)(H,24,28)(H,29,30)(H4,19,20,21). The topological polar surface area (TPSA) is 258 Å². The van der Waals surface area contributed by atoms with Crippen LogP contribution in [0.25, 0.3) is 0 Å². The van der Waals surface area contributed by atoms with Crippen LogP contribution in [0.15, 0.2) is 4.99 Å². The number of amides is 4. The largest absolute Gasteiger partial charge is 0.480 e. The van der Waals surface area contributed by atoms with E-state index in [4.69, 9.17) is 22.9 Å². The van der Waals surface area contributed by atoms with E-state index in [9.17, 15) is 29.1 Å². The summed E-state index contributed by atoms with van der Waals surface area (Å²) in [6, 6.07) is -3.50. The van der Waals surface area contributed by atoms with Crippen molar-refractivity contribution in [1.29, 1.82) is 0 Å². The molecule has 0 aliphatic rings. The van der Waals surface area contributed by atoms with Crippen molar-refractivity contribution in [3.8, 4) is 0 Å². The number of primary amides is 1. The maximum Gasteiger partial charge on any atom is 0.326 e. The van der Waals surface area contributed by atoms with E-state index < -0.39 is 47.7 Å². The Kier molecular flexibility index (Phi) is 12.1. The molecule has 3 atom stereocenters. The van der Waals surface area contributed by atoms with Crippen LogP contribution < -0.4 is 38.9 Å². The summed E-state index contributed by atoms with van der Waals surface area (Å²) in [4.78, 5) is 62.2. The molecule has 0 aliphatic carbocycles. The van der Waals surface area contributed by atoms with Crippen LogP contribution in [0.1, 0.15) is 32.6 Å². The van der Waals surface area contributed by atoms with Crippen molar-refractivity contribution in [3.63, 3.8) is 0 Å². The molecular weight excluding hydrogens is 400 g/mol. The molecule has 0 aromatic rings. The quantitative estimate of drug-likeness (QED) is 0.0753. The average Bonchev–Trinajstić information content (AvgIpc) is 2.66. The number of aliphatic carboxylic acids is 1. The number of nitrogens with one attached hydrogen (secondary N) is 3. The second kappa shape index (κ2) is 13.7. The molecule has 0 aliphatic heterocycles. The highest BCUT2D eigenvalue weighted by atomic mass is 16.4. The third-order valence-electron chi connectivity index (χ3n) is 3.83. The van der Waals surface area contributed by atoms with Gasteiger partial charge in [0, 0.05) is 13.0 Å². The Balaban J connectivity index is 5.19. The van der Waals surface area contributed by atoms with Gasteiger partial charge in [-0.25, -0.2) is 4.79 Å². The smallest absolute Gasteiger partial charge is 0.326 e. The van der Waals surface area contributed by atoms with Crippen molar-refractivity contribution >= 4 is 35.6 Å². The molecule has 0 rings (SSSR count). The molecular formula is C16H30N8O6. The van der Waals surface area contributed by atoms with Crippen molar-refractivity contribution < 1.29 is 29.1 Å². The summed E-state index contributed by atoms with van der Waals surface area (Å²) in [5, 5.41) is 16.3. The van der Waals surface area contributed by atoms with Gasteiger partial charge >= 0.3 is 5.97 Å². The van der Waals surface area contributed by atoms with E-state index in [1.807, 2.05) is 0 Å². The SMILES string of the molecule is CC(NC(=O)CN)C(=O)NC(CCCN=C(N)N)C(=O)NC(CCC(N)=O)C(=O)O. The molecule has 0 aromatic carbocycles. The maximum absolute atomic E-state index is 12.6. The van der Waals surface area contributed by atoms with Crippen molar-refractivity contribution in [1.82, 2.24) is 16.0 Å². The second-order valence-electron chi connectivity index (χ2n) is 6.41. The highest BCUT2D eigenvalue weighted by Gasteiger charge is 2.28. The first kappa shape index (κ1) is 26.6. The van der Waals surface area contributed by atoms with Gasteiger partial charge in [0.05, 0.1) is 6.54 Å². The number of nitrogens with two attached hydrogens (primary N) is 4. The maximum atomic E-state index is 12.6. The number of hydrogen-bond donors (Lipinski definition) is 8. The van der Waals surface area contributed by atoms with Gasteiger partial charge in [-0.3, -0.25) is 24.2 Å². The molecule has 0 saturated carbocycles. The van der Waals surface area contributed by atoms with Gasteiger partial charge in [-0.05, 0) is 26.2 Å². The summed E-state index contributed by atoms with van der Waals surface area (Å²) in [6.07, 6.45) is -0.0954. The first-order chi connectivity index (χ1) is 14.0. The zero-order valence-electron chi connectivity index (χ0n) is 16.7. The van der Waals surface area contributed by atoms with E-state index in [-0.39, 0.29) is 38.3 Å². The molecule has 0 fully saturated rings. The van der Waals surface area contributed by atoms with Gasteiger partial charge in [0.2, 0.25) is 23.6 Å². The van der Waals surface area contributed by atoms with Crippen molar-refractivity contribution in [2.45, 2.75) is 50.7 Å². The predicted molar refractivity (Wildman–Crippen MR) is 106 cm³/mol. The van der Waals surface area contributed by atoms with Crippen LogP contribution in [0, 0.1) is 0 Å². The van der Waals surface area contributed by atoms with E-state index in [0.717, 1.165) is 0 Å². The number of carboxylic acid groups (broad SMARTS) is 1. The van der Waals surface area contributed by atoms with Crippen LogP contribution in [0.2, 0.25) is 0 Å². The summed E-state index contributed by atoms with van der Waals surface area (Å²) in [5.41, 5.74) is 20.7. The van der Waals surface area contributed by atoms with E-state index in [0.29, 0.717) is 6.42 Å². The lowest BCUT2D eigenvalue weighted by Crippen LogP contribution is -2.55. The normalized spacial score (nSPS) is 13.3. The van der Waals surface area contributed by atoms with Crippen LogP contribution in [-0.2, 0) is 24.0 Å². The fraction of sp³-hybridized carbons (Fsp3) is 0.625. The predicted octanol–water partition coefficient (Wildman–Crippen LogP) is -4.18. The molecule has 14 nitrogen and oxygen atoms in total. The van der Waals surface area contributed by atoms with Gasteiger partial charge in [-0.1, -0.05) is 0 Å². The first-order valence-electron chi connectivity index (χ1n) is 9.14. The number of carbonyl (C=O) groups excluding carboxylic acids is 4. The number of carboxylic acids is 1. The van der Waals surface area contributed by atoms with Gasteiger partial charge < -0.3 is 44.0 Å². The van der Waals surface area contributed by atoms with Gasteiger partial charge in [-0.2, -0.15) is 0 Å². The highest BCUT2D eigenvalue weighted by Crippen LogP contribution is 2.03. The fourth-order valence-electron chi connectivity index (χ4n) is 2.25. The molecule has 0 heterocycles. The monoisotopic (exact) mass is 430 g/mol. The van der Waals surface area contributed by atoms with Crippen LogP contribution in [-0.4, -0.2) is 71.9 Å². The van der Waals surface area contributed by atoms with Crippen LogP contribution in [0.3, 0.4) is 0 Å². The van der Waals surface area contributed by atoms with Crippen molar-refractivity contribution in [3.05, 3.63) is 0 Å². The molecule has 4 amide bonds. The summed E-state index contributed by atoms with van der Waals surface area (Å²) in [5.74, 6) is -4.26. The molecule has 0 saturated heterocycles. The molecule has 0 bridgehead atoms. The summed E-state index contributed by atoms with van der Waals surface area (Å²) in [6.45, 7) is 1.25. The molecule has 30 heavy (non-hydrogen) atoms. The van der Waals surface area contributed by atoms with Crippen LogP contribution in [0.5, 0.6) is 0 Å². The highest BCUT2D eigenvalue weighted by molar-refractivity contribution is 5.93. The van der Waals surface area contributed by atoms with E-state index in [1.54, 1.807) is 0 Å². The summed E-state index contributed by atoms with van der Waals surface area (Å²) in [7, 11) is 0.